The monoisotopic (exact) mass is 342 g/mol. The van der Waals surface area contributed by atoms with Gasteiger partial charge in [0.15, 0.2) is 0 Å². The summed E-state index contributed by atoms with van der Waals surface area (Å²) in [4.78, 5) is 25.8. The lowest BCUT2D eigenvalue weighted by atomic mass is 10.1. The number of hydrogen-bond donors (Lipinski definition) is 1. The van der Waals surface area contributed by atoms with Crippen molar-refractivity contribution in [3.05, 3.63) is 48.2 Å². The molecule has 1 fully saturated rings. The van der Waals surface area contributed by atoms with E-state index in [9.17, 15) is 14.7 Å². The van der Waals surface area contributed by atoms with Gasteiger partial charge in [-0.25, -0.2) is 0 Å². The van der Waals surface area contributed by atoms with Gasteiger partial charge in [0.2, 0.25) is 0 Å². The fourth-order valence-electron chi connectivity index (χ4n) is 3.28. The summed E-state index contributed by atoms with van der Waals surface area (Å²) in [7, 11) is 1.83. The molecule has 0 bridgehead atoms. The fraction of sp³-hybridized carbons (Fsp3) is 0.368. The zero-order chi connectivity index (χ0) is 17.8. The Morgan fingerprint density at radius 1 is 1.16 bits per heavy atom. The minimum absolute atomic E-state index is 0.104. The van der Waals surface area contributed by atoms with E-state index in [0.29, 0.717) is 31.7 Å². The Kier molecular flexibility index (Phi) is 5.19. The highest BCUT2D eigenvalue weighted by atomic mass is 16.5. The summed E-state index contributed by atoms with van der Waals surface area (Å²) in [6, 6.07) is 13.4. The van der Waals surface area contributed by atoms with E-state index in [1.165, 1.54) is 4.90 Å². The van der Waals surface area contributed by atoms with Crippen molar-refractivity contribution < 1.29 is 19.4 Å². The van der Waals surface area contributed by atoms with Gasteiger partial charge in [-0.15, -0.1) is 0 Å². The van der Waals surface area contributed by atoms with Crippen LogP contribution >= 0.6 is 0 Å². The van der Waals surface area contributed by atoms with Crippen LogP contribution in [0, 0.1) is 0 Å². The molecule has 1 aromatic heterocycles. The van der Waals surface area contributed by atoms with Crippen molar-refractivity contribution in [2.75, 3.05) is 19.8 Å². The van der Waals surface area contributed by atoms with E-state index in [2.05, 4.69) is 0 Å². The van der Waals surface area contributed by atoms with Gasteiger partial charge in [0, 0.05) is 32.0 Å². The van der Waals surface area contributed by atoms with Gasteiger partial charge in [0.25, 0.3) is 5.91 Å². The van der Waals surface area contributed by atoms with Crippen LogP contribution in [0.5, 0.6) is 0 Å². The maximum atomic E-state index is 13.0. The number of carbonyl (C=O) groups is 2. The number of nitrogens with zero attached hydrogens (tertiary/aromatic N) is 2. The molecule has 0 atom stereocenters. The quantitative estimate of drug-likeness (QED) is 0.906. The van der Waals surface area contributed by atoms with Crippen molar-refractivity contribution in [2.24, 2.45) is 7.05 Å². The molecule has 0 radical (unpaired) electrons. The van der Waals surface area contributed by atoms with Crippen LogP contribution < -0.4 is 0 Å². The van der Waals surface area contributed by atoms with Crippen molar-refractivity contribution in [1.29, 1.82) is 0 Å². The van der Waals surface area contributed by atoms with Crippen LogP contribution in [0.15, 0.2) is 42.5 Å². The molecule has 2 aromatic rings. The maximum absolute atomic E-state index is 13.0. The molecule has 25 heavy (non-hydrogen) atoms. The number of carbonyl (C=O) groups excluding carboxylic acids is 1. The third-order valence-corrected chi connectivity index (χ3v) is 4.61. The van der Waals surface area contributed by atoms with Gasteiger partial charge in [0.1, 0.15) is 12.2 Å². The first-order valence-electron chi connectivity index (χ1n) is 8.39. The SMILES string of the molecule is Cn1c(C(=O)N(CC(=O)O)C2CCOCC2)ccc1-c1ccccc1. The Labute approximate surface area is 146 Å². The van der Waals surface area contributed by atoms with Crippen molar-refractivity contribution in [1.82, 2.24) is 9.47 Å². The average Bonchev–Trinajstić information content (AvgIpc) is 3.02. The molecule has 0 saturated carbocycles. The lowest BCUT2D eigenvalue weighted by Gasteiger charge is -2.33. The van der Waals surface area contributed by atoms with E-state index in [1.807, 2.05) is 48.0 Å². The Bertz CT molecular complexity index is 748. The standard InChI is InChI=1S/C19H22N2O4/c1-20-16(14-5-3-2-4-6-14)7-8-17(20)19(24)21(13-18(22)23)15-9-11-25-12-10-15/h2-8,15H,9-13H2,1H3,(H,22,23). The van der Waals surface area contributed by atoms with Gasteiger partial charge in [-0.05, 0) is 30.5 Å². The van der Waals surface area contributed by atoms with E-state index < -0.39 is 5.97 Å². The molecular formula is C19H22N2O4. The first kappa shape index (κ1) is 17.2. The first-order valence-corrected chi connectivity index (χ1v) is 8.39. The topological polar surface area (TPSA) is 71.8 Å². The molecular weight excluding hydrogens is 320 g/mol. The predicted molar refractivity (Wildman–Crippen MR) is 93.4 cm³/mol. The summed E-state index contributed by atoms with van der Waals surface area (Å²) in [6.07, 6.45) is 1.32. The molecule has 0 unspecified atom stereocenters. The molecule has 3 rings (SSSR count). The van der Waals surface area contributed by atoms with Gasteiger partial charge >= 0.3 is 5.97 Å². The Morgan fingerprint density at radius 2 is 1.84 bits per heavy atom. The zero-order valence-corrected chi connectivity index (χ0v) is 14.2. The Balaban J connectivity index is 1.89. The summed E-state index contributed by atoms with van der Waals surface area (Å²) in [5.41, 5.74) is 2.43. The number of ether oxygens (including phenoxy) is 1. The number of benzene rings is 1. The Morgan fingerprint density at radius 3 is 2.48 bits per heavy atom. The number of carboxylic acids is 1. The minimum Gasteiger partial charge on any atom is -0.480 e. The summed E-state index contributed by atoms with van der Waals surface area (Å²) < 4.78 is 7.16. The second kappa shape index (κ2) is 7.53. The van der Waals surface area contributed by atoms with Crippen molar-refractivity contribution in [2.45, 2.75) is 18.9 Å². The molecule has 1 saturated heterocycles. The number of aliphatic carboxylic acids is 1. The number of aromatic nitrogens is 1. The smallest absolute Gasteiger partial charge is 0.323 e. The number of amides is 1. The largest absolute Gasteiger partial charge is 0.480 e. The third kappa shape index (κ3) is 3.74. The minimum atomic E-state index is -1.00. The van der Waals surface area contributed by atoms with Gasteiger partial charge < -0.3 is 19.3 Å². The summed E-state index contributed by atoms with van der Waals surface area (Å²) >= 11 is 0. The maximum Gasteiger partial charge on any atom is 0.323 e. The van der Waals surface area contributed by atoms with Crippen LogP contribution in [-0.4, -0.2) is 52.3 Å². The number of hydrogen-bond acceptors (Lipinski definition) is 3. The zero-order valence-electron chi connectivity index (χ0n) is 14.2. The van der Waals surface area contributed by atoms with Crippen LogP contribution in [0.4, 0.5) is 0 Å². The summed E-state index contributed by atoms with van der Waals surface area (Å²) in [5, 5.41) is 9.23. The molecule has 6 nitrogen and oxygen atoms in total. The van der Waals surface area contributed by atoms with E-state index in [1.54, 1.807) is 6.07 Å². The molecule has 1 aromatic carbocycles. The lowest BCUT2D eigenvalue weighted by molar-refractivity contribution is -0.138. The number of carboxylic acid groups (broad SMARTS) is 1. The molecule has 0 aliphatic carbocycles. The molecule has 2 heterocycles. The van der Waals surface area contributed by atoms with Crippen LogP contribution in [0.1, 0.15) is 23.3 Å². The molecule has 6 heteroatoms. The van der Waals surface area contributed by atoms with E-state index in [-0.39, 0.29) is 18.5 Å². The van der Waals surface area contributed by atoms with Crippen LogP contribution in [0.3, 0.4) is 0 Å². The lowest BCUT2D eigenvalue weighted by Crippen LogP contribution is -2.46. The van der Waals surface area contributed by atoms with Crippen molar-refractivity contribution >= 4 is 11.9 Å². The molecule has 1 amide bonds. The van der Waals surface area contributed by atoms with E-state index in [4.69, 9.17) is 4.74 Å². The van der Waals surface area contributed by atoms with Crippen LogP contribution in [0.25, 0.3) is 11.3 Å². The molecule has 1 N–H and O–H groups in total. The second-order valence-electron chi connectivity index (χ2n) is 6.20. The second-order valence-corrected chi connectivity index (χ2v) is 6.20. The highest BCUT2D eigenvalue weighted by molar-refractivity contribution is 5.95. The highest BCUT2D eigenvalue weighted by Crippen LogP contribution is 2.24. The molecule has 1 aliphatic rings. The summed E-state index contributed by atoms with van der Waals surface area (Å²) in [5.74, 6) is -1.25. The van der Waals surface area contributed by atoms with Crippen LogP contribution in [-0.2, 0) is 16.6 Å². The van der Waals surface area contributed by atoms with Gasteiger partial charge in [-0.1, -0.05) is 30.3 Å². The van der Waals surface area contributed by atoms with Gasteiger partial charge in [0.05, 0.1) is 0 Å². The summed E-state index contributed by atoms with van der Waals surface area (Å²) in [6.45, 7) is 0.808. The average molecular weight is 342 g/mol. The van der Waals surface area contributed by atoms with Gasteiger partial charge in [-0.2, -0.15) is 0 Å². The van der Waals surface area contributed by atoms with E-state index in [0.717, 1.165) is 11.3 Å². The first-order chi connectivity index (χ1) is 12.1. The molecule has 0 spiro atoms. The molecule has 1 aliphatic heterocycles. The predicted octanol–water partition coefficient (Wildman–Crippen LogP) is 2.40. The van der Waals surface area contributed by atoms with Crippen LogP contribution in [0.2, 0.25) is 0 Å². The normalized spacial score (nSPS) is 15.1. The fourth-order valence-corrected chi connectivity index (χ4v) is 3.28. The molecule has 132 valence electrons. The van der Waals surface area contributed by atoms with E-state index >= 15 is 0 Å². The van der Waals surface area contributed by atoms with Crippen molar-refractivity contribution in [3.63, 3.8) is 0 Å². The Hall–Kier alpha value is -2.60. The van der Waals surface area contributed by atoms with Gasteiger partial charge in [-0.3, -0.25) is 9.59 Å². The highest BCUT2D eigenvalue weighted by Gasteiger charge is 2.30. The van der Waals surface area contributed by atoms with Crippen molar-refractivity contribution in [3.8, 4) is 11.3 Å². The number of rotatable bonds is 5. The third-order valence-electron chi connectivity index (χ3n) is 4.61.